The van der Waals surface area contributed by atoms with Crippen molar-refractivity contribution in [2.24, 2.45) is 0 Å². The number of anilines is 1. The molecule has 0 bridgehead atoms. The maximum absolute atomic E-state index is 5.96. The summed E-state index contributed by atoms with van der Waals surface area (Å²) >= 11 is 3.61. The molecule has 0 saturated carbocycles. The molecule has 2 N–H and O–H groups in total. The Bertz CT molecular complexity index is 521. The van der Waals surface area contributed by atoms with E-state index in [-0.39, 0.29) is 0 Å². The van der Waals surface area contributed by atoms with Gasteiger partial charge in [-0.1, -0.05) is 6.92 Å². The highest BCUT2D eigenvalue weighted by Crippen LogP contribution is 2.42. The number of nitrogens with two attached hydrogens (primary N) is 1. The first-order valence-corrected chi connectivity index (χ1v) is 7.80. The number of hydrogen-bond donors (Lipinski definition) is 1. The third-order valence-electron chi connectivity index (χ3n) is 3.02. The number of thioether (sulfide) groups is 1. The average Bonchev–Trinajstić information content (AvgIpc) is 2.64. The molecule has 3 aliphatic rings. The van der Waals surface area contributed by atoms with Gasteiger partial charge in [0, 0.05) is 4.88 Å². The van der Waals surface area contributed by atoms with Crippen molar-refractivity contribution < 1.29 is 0 Å². The fourth-order valence-electron chi connectivity index (χ4n) is 2.21. The molecule has 0 spiro atoms. The molecule has 17 heavy (non-hydrogen) atoms. The standard InChI is InChI=1S/C12H15N3S2/c1-2-16-12-10-9(11(13)15-12)14-7-5-3-4-6-8(7)17-10/h2-6H2,1H3,(H2,13,15). The molecule has 0 atom stereocenters. The van der Waals surface area contributed by atoms with E-state index < -0.39 is 0 Å². The van der Waals surface area contributed by atoms with Crippen molar-refractivity contribution in [2.45, 2.75) is 37.6 Å². The molecule has 0 radical (unpaired) electrons. The lowest BCUT2D eigenvalue weighted by atomic mass is 10.0. The summed E-state index contributed by atoms with van der Waals surface area (Å²) in [6.07, 6.45) is 4.81. The molecule has 3 rings (SSSR count). The molecule has 0 fully saturated rings. The summed E-state index contributed by atoms with van der Waals surface area (Å²) in [4.78, 5) is 11.8. The number of nitrogens with zero attached hydrogens (tertiary/aromatic N) is 2. The number of nitrogen functional groups attached to an aromatic ring is 1. The molecule has 0 unspecified atom stereocenters. The van der Waals surface area contributed by atoms with Crippen LogP contribution < -0.4 is 5.73 Å². The second-order valence-corrected chi connectivity index (χ2v) is 6.56. The average molecular weight is 265 g/mol. The summed E-state index contributed by atoms with van der Waals surface area (Å²) in [7, 11) is 0. The Morgan fingerprint density at radius 2 is 2.12 bits per heavy atom. The second kappa shape index (κ2) is 4.46. The van der Waals surface area contributed by atoms with Crippen LogP contribution in [0.2, 0.25) is 0 Å². The fourth-order valence-corrected chi connectivity index (χ4v) is 4.32. The maximum atomic E-state index is 5.96. The molecular formula is C12H15N3S2. The first-order valence-electron chi connectivity index (χ1n) is 6.00. The van der Waals surface area contributed by atoms with Crippen LogP contribution in [0.1, 0.15) is 30.3 Å². The number of rotatable bonds is 2. The van der Waals surface area contributed by atoms with E-state index >= 15 is 0 Å². The number of aromatic nitrogens is 2. The van der Waals surface area contributed by atoms with Gasteiger partial charge in [0.2, 0.25) is 0 Å². The highest BCUT2D eigenvalue weighted by molar-refractivity contribution is 7.99. The van der Waals surface area contributed by atoms with Gasteiger partial charge in [-0.05, 0) is 31.4 Å². The molecule has 5 heteroatoms. The maximum Gasteiger partial charge on any atom is 0.152 e. The zero-order valence-corrected chi connectivity index (χ0v) is 11.5. The van der Waals surface area contributed by atoms with Crippen LogP contribution in [-0.4, -0.2) is 15.7 Å². The van der Waals surface area contributed by atoms with Crippen molar-refractivity contribution >= 4 is 28.9 Å². The Kier molecular flexibility index (Phi) is 2.96. The zero-order valence-electron chi connectivity index (χ0n) is 9.82. The molecule has 3 nitrogen and oxygen atoms in total. The Morgan fingerprint density at radius 1 is 1.29 bits per heavy atom. The summed E-state index contributed by atoms with van der Waals surface area (Å²) in [6.45, 7) is 2.14. The van der Waals surface area contributed by atoms with Gasteiger partial charge in [-0.15, -0.1) is 23.1 Å². The zero-order chi connectivity index (χ0) is 11.8. The van der Waals surface area contributed by atoms with Crippen LogP contribution >= 0.6 is 23.1 Å². The van der Waals surface area contributed by atoms with Crippen LogP contribution in [0.15, 0.2) is 5.03 Å². The third kappa shape index (κ3) is 1.91. The van der Waals surface area contributed by atoms with E-state index in [0.717, 1.165) is 22.9 Å². The Hall–Kier alpha value is -0.810. The first kappa shape index (κ1) is 11.3. The van der Waals surface area contributed by atoms with Gasteiger partial charge in [0.15, 0.2) is 5.82 Å². The van der Waals surface area contributed by atoms with Crippen molar-refractivity contribution in [3.05, 3.63) is 10.6 Å². The lowest BCUT2D eigenvalue weighted by molar-refractivity contribution is 0.679. The highest BCUT2D eigenvalue weighted by atomic mass is 32.2. The predicted octanol–water partition coefficient (Wildman–Crippen LogP) is 3.22. The lowest BCUT2D eigenvalue weighted by Gasteiger charge is -2.15. The Morgan fingerprint density at radius 3 is 2.94 bits per heavy atom. The van der Waals surface area contributed by atoms with Gasteiger partial charge in [-0.25, -0.2) is 9.97 Å². The third-order valence-corrected chi connectivity index (χ3v) is 5.28. The van der Waals surface area contributed by atoms with E-state index in [4.69, 9.17) is 10.7 Å². The van der Waals surface area contributed by atoms with Crippen molar-refractivity contribution in [1.29, 1.82) is 0 Å². The Labute approximate surface area is 109 Å². The van der Waals surface area contributed by atoms with Crippen LogP contribution in [0.5, 0.6) is 0 Å². The number of hydrogen-bond acceptors (Lipinski definition) is 5. The molecule has 0 aromatic carbocycles. The van der Waals surface area contributed by atoms with E-state index in [1.807, 2.05) is 11.3 Å². The molecule has 0 aromatic heterocycles. The summed E-state index contributed by atoms with van der Waals surface area (Å²) in [5.74, 6) is 1.62. The first-order chi connectivity index (χ1) is 8.29. The molecular weight excluding hydrogens is 250 g/mol. The smallest absolute Gasteiger partial charge is 0.152 e. The molecule has 0 aromatic rings. The van der Waals surface area contributed by atoms with Crippen LogP contribution in [0.4, 0.5) is 5.82 Å². The normalized spacial score (nSPS) is 15.1. The summed E-state index contributed by atoms with van der Waals surface area (Å²) in [5, 5.41) is 1.06. The van der Waals surface area contributed by atoms with Crippen LogP contribution in [0.3, 0.4) is 0 Å². The van der Waals surface area contributed by atoms with Crippen molar-refractivity contribution in [3.63, 3.8) is 0 Å². The van der Waals surface area contributed by atoms with E-state index in [0.29, 0.717) is 5.82 Å². The number of aryl methyl sites for hydroxylation is 2. The minimum absolute atomic E-state index is 0.598. The van der Waals surface area contributed by atoms with E-state index in [1.54, 1.807) is 11.8 Å². The van der Waals surface area contributed by atoms with Gasteiger partial charge in [0.25, 0.3) is 0 Å². The summed E-state index contributed by atoms with van der Waals surface area (Å²) < 4.78 is 0. The topological polar surface area (TPSA) is 51.8 Å². The molecule has 90 valence electrons. The van der Waals surface area contributed by atoms with Crippen LogP contribution in [0, 0.1) is 0 Å². The lowest BCUT2D eigenvalue weighted by Crippen LogP contribution is -2.05. The van der Waals surface area contributed by atoms with Crippen molar-refractivity contribution in [3.8, 4) is 10.6 Å². The van der Waals surface area contributed by atoms with E-state index in [1.165, 1.54) is 34.7 Å². The van der Waals surface area contributed by atoms with Crippen LogP contribution in [-0.2, 0) is 12.8 Å². The minimum atomic E-state index is 0.598. The van der Waals surface area contributed by atoms with Gasteiger partial charge >= 0.3 is 0 Å². The van der Waals surface area contributed by atoms with Gasteiger partial charge in [-0.2, -0.15) is 0 Å². The molecule has 2 aliphatic heterocycles. The van der Waals surface area contributed by atoms with E-state index in [2.05, 4.69) is 11.9 Å². The molecule has 0 saturated heterocycles. The SMILES string of the molecule is CCSc1nc(N)c2nc3c(sc1-2)CCCC3. The van der Waals surface area contributed by atoms with Gasteiger partial charge in [0.1, 0.15) is 10.7 Å². The largest absolute Gasteiger partial charge is 0.382 e. The summed E-state index contributed by atoms with van der Waals surface area (Å²) in [6, 6.07) is 0. The van der Waals surface area contributed by atoms with Gasteiger partial charge < -0.3 is 5.73 Å². The molecule has 1 aliphatic carbocycles. The quantitative estimate of drug-likeness (QED) is 0.847. The van der Waals surface area contributed by atoms with Crippen molar-refractivity contribution in [2.75, 3.05) is 11.5 Å². The Balaban J connectivity index is 2.16. The monoisotopic (exact) mass is 265 g/mol. The molecule has 0 amide bonds. The predicted molar refractivity (Wildman–Crippen MR) is 74.0 cm³/mol. The fraction of sp³-hybridized carbons (Fsp3) is 0.500. The minimum Gasteiger partial charge on any atom is -0.382 e. The van der Waals surface area contributed by atoms with Crippen LogP contribution in [0.25, 0.3) is 10.6 Å². The van der Waals surface area contributed by atoms with E-state index in [9.17, 15) is 0 Å². The van der Waals surface area contributed by atoms with Gasteiger partial charge in [-0.3, -0.25) is 0 Å². The highest BCUT2D eigenvalue weighted by Gasteiger charge is 2.23. The van der Waals surface area contributed by atoms with Gasteiger partial charge in [0.05, 0.1) is 10.6 Å². The van der Waals surface area contributed by atoms with Crippen molar-refractivity contribution in [1.82, 2.24) is 9.97 Å². The number of fused-ring (bicyclic) bond motifs is 2. The molecule has 2 heterocycles. The summed E-state index contributed by atoms with van der Waals surface area (Å²) in [5.41, 5.74) is 8.13. The second-order valence-electron chi connectivity index (χ2n) is 4.20.